The third-order valence-corrected chi connectivity index (χ3v) is 4.32. The molecule has 0 bridgehead atoms. The van der Waals surface area contributed by atoms with Gasteiger partial charge in [0.15, 0.2) is 5.82 Å². The average molecular weight is 393 g/mol. The van der Waals surface area contributed by atoms with Crippen LogP contribution in [0.4, 0.5) is 13.2 Å². The predicted octanol–water partition coefficient (Wildman–Crippen LogP) is 3.19. The van der Waals surface area contributed by atoms with Crippen molar-refractivity contribution in [3.05, 3.63) is 58.5 Å². The van der Waals surface area contributed by atoms with Crippen LogP contribution in [-0.2, 0) is 6.42 Å². The number of rotatable bonds is 5. The maximum Gasteiger partial charge on any atom is 0.405 e. The number of carbonyl (C=O) groups is 1. The third kappa shape index (κ3) is 5.07. The molecule has 0 saturated heterocycles. The van der Waals surface area contributed by atoms with Crippen LogP contribution in [0.25, 0.3) is 11.5 Å². The molecule has 0 atom stereocenters. The molecule has 10 heteroatoms. The van der Waals surface area contributed by atoms with Gasteiger partial charge in [-0.2, -0.15) is 17.5 Å². The lowest BCUT2D eigenvalue weighted by atomic mass is 10.2. The number of nitrogens with one attached hydrogen (secondary N) is 1. The highest BCUT2D eigenvalue weighted by Crippen LogP contribution is 2.19. The van der Waals surface area contributed by atoms with E-state index in [1.165, 1.54) is 29.9 Å². The smallest absolute Gasteiger partial charge is 0.343 e. The molecule has 6 nitrogen and oxygen atoms in total. The summed E-state index contributed by atoms with van der Waals surface area (Å²) in [5, 5.41) is 2.56. The number of pyridine rings is 2. The zero-order valence-corrected chi connectivity index (χ0v) is 14.9. The maximum atomic E-state index is 12.2. The van der Waals surface area contributed by atoms with Crippen molar-refractivity contribution in [1.82, 2.24) is 24.6 Å². The summed E-state index contributed by atoms with van der Waals surface area (Å²) in [6.45, 7) is 0.575. The maximum absolute atomic E-state index is 12.2. The molecule has 0 fully saturated rings. The van der Waals surface area contributed by atoms with Crippen molar-refractivity contribution < 1.29 is 18.0 Å². The molecule has 3 aromatic heterocycles. The lowest BCUT2D eigenvalue weighted by Crippen LogP contribution is -2.33. The van der Waals surface area contributed by atoms with Crippen LogP contribution in [-0.4, -0.2) is 38.0 Å². The van der Waals surface area contributed by atoms with E-state index in [0.29, 0.717) is 17.9 Å². The van der Waals surface area contributed by atoms with E-state index in [9.17, 15) is 18.0 Å². The van der Waals surface area contributed by atoms with Crippen LogP contribution in [0.1, 0.15) is 26.6 Å². The van der Waals surface area contributed by atoms with Crippen LogP contribution in [0.5, 0.6) is 0 Å². The van der Waals surface area contributed by atoms with Gasteiger partial charge in [0.05, 0.1) is 11.3 Å². The van der Waals surface area contributed by atoms with Crippen LogP contribution in [0.3, 0.4) is 0 Å². The van der Waals surface area contributed by atoms with Gasteiger partial charge in [0.25, 0.3) is 5.91 Å². The zero-order valence-electron chi connectivity index (χ0n) is 14.1. The fraction of sp³-hybridized carbons (Fsp3) is 0.235. The number of alkyl halides is 3. The first-order valence-electron chi connectivity index (χ1n) is 7.86. The number of halogens is 3. The number of aryl methyl sites for hydroxylation is 1. The molecule has 0 saturated carbocycles. The first-order chi connectivity index (χ1) is 12.8. The topological polar surface area (TPSA) is 80.7 Å². The normalized spacial score (nSPS) is 11.4. The summed E-state index contributed by atoms with van der Waals surface area (Å²) >= 11 is 1.22. The standard InChI is InChI=1S/C17H14F3N5OS/c1-10-3-2-6-21-13(10)7-14-24-15(25-27-14)12-5-4-11(8-22-12)16(26)23-9-17(18,19)20/h2-6,8H,7,9H2,1H3,(H,23,26). The summed E-state index contributed by atoms with van der Waals surface area (Å²) in [6, 6.07) is 6.72. The van der Waals surface area contributed by atoms with Gasteiger partial charge in [0, 0.05) is 18.8 Å². The molecule has 0 aliphatic rings. The zero-order chi connectivity index (χ0) is 19.4. The van der Waals surface area contributed by atoms with E-state index in [1.807, 2.05) is 19.1 Å². The SMILES string of the molecule is Cc1cccnc1Cc1nc(-c2ccc(C(=O)NCC(F)(F)F)cn2)ns1. The van der Waals surface area contributed by atoms with Crippen molar-refractivity contribution in [3.8, 4) is 11.5 Å². The summed E-state index contributed by atoms with van der Waals surface area (Å²) < 4.78 is 40.7. The van der Waals surface area contributed by atoms with E-state index in [1.54, 1.807) is 11.5 Å². The van der Waals surface area contributed by atoms with Crippen LogP contribution in [0.2, 0.25) is 0 Å². The van der Waals surface area contributed by atoms with Gasteiger partial charge in [-0.1, -0.05) is 6.07 Å². The Labute approximate surface area is 156 Å². The van der Waals surface area contributed by atoms with Crippen molar-refractivity contribution >= 4 is 17.4 Å². The number of nitrogens with zero attached hydrogens (tertiary/aromatic N) is 4. The van der Waals surface area contributed by atoms with Gasteiger partial charge in [-0.15, -0.1) is 0 Å². The van der Waals surface area contributed by atoms with E-state index in [0.717, 1.165) is 16.3 Å². The number of aromatic nitrogens is 4. The van der Waals surface area contributed by atoms with Crippen molar-refractivity contribution in [2.24, 2.45) is 0 Å². The Balaban J connectivity index is 1.68. The molecule has 0 spiro atoms. The first kappa shape index (κ1) is 18.9. The Morgan fingerprint density at radius 2 is 2.04 bits per heavy atom. The average Bonchev–Trinajstić information content (AvgIpc) is 3.10. The molecular formula is C17H14F3N5OS. The molecular weight excluding hydrogens is 379 g/mol. The molecule has 3 rings (SSSR count). The molecule has 3 heterocycles. The van der Waals surface area contributed by atoms with E-state index in [2.05, 4.69) is 19.3 Å². The molecule has 1 amide bonds. The summed E-state index contributed by atoms with van der Waals surface area (Å²) in [5.41, 5.74) is 2.43. The third-order valence-electron chi connectivity index (χ3n) is 3.61. The van der Waals surface area contributed by atoms with Gasteiger partial charge in [-0.3, -0.25) is 14.8 Å². The second kappa shape index (κ2) is 7.78. The highest BCUT2D eigenvalue weighted by atomic mass is 32.1. The van der Waals surface area contributed by atoms with Gasteiger partial charge < -0.3 is 5.32 Å². The summed E-state index contributed by atoms with van der Waals surface area (Å²) in [5.74, 6) is -0.449. The highest BCUT2D eigenvalue weighted by Gasteiger charge is 2.28. The van der Waals surface area contributed by atoms with Gasteiger partial charge in [0.2, 0.25) is 0 Å². The van der Waals surface area contributed by atoms with Gasteiger partial charge >= 0.3 is 6.18 Å². The fourth-order valence-corrected chi connectivity index (χ4v) is 2.88. The Bertz CT molecular complexity index is 940. The van der Waals surface area contributed by atoms with E-state index < -0.39 is 18.6 Å². The number of carbonyl (C=O) groups excluding carboxylic acids is 1. The summed E-state index contributed by atoms with van der Waals surface area (Å²) in [7, 11) is 0. The first-order valence-corrected chi connectivity index (χ1v) is 8.63. The Hall–Kier alpha value is -2.88. The largest absolute Gasteiger partial charge is 0.405 e. The Morgan fingerprint density at radius 1 is 1.22 bits per heavy atom. The van der Waals surface area contributed by atoms with Crippen LogP contribution in [0, 0.1) is 6.92 Å². The van der Waals surface area contributed by atoms with Crippen LogP contribution >= 0.6 is 11.5 Å². The monoisotopic (exact) mass is 393 g/mol. The Kier molecular flexibility index (Phi) is 5.45. The van der Waals surface area contributed by atoms with Gasteiger partial charge in [-0.25, -0.2) is 4.98 Å². The predicted molar refractivity (Wildman–Crippen MR) is 93.3 cm³/mol. The molecule has 3 aromatic rings. The highest BCUT2D eigenvalue weighted by molar-refractivity contribution is 7.05. The summed E-state index contributed by atoms with van der Waals surface area (Å²) in [4.78, 5) is 24.5. The van der Waals surface area contributed by atoms with Crippen molar-refractivity contribution in [2.45, 2.75) is 19.5 Å². The van der Waals surface area contributed by atoms with E-state index in [4.69, 9.17) is 0 Å². The molecule has 0 aliphatic carbocycles. The lowest BCUT2D eigenvalue weighted by molar-refractivity contribution is -0.123. The summed E-state index contributed by atoms with van der Waals surface area (Å²) in [6.07, 6.45) is -1.00. The lowest BCUT2D eigenvalue weighted by Gasteiger charge is -2.08. The van der Waals surface area contributed by atoms with Crippen LogP contribution < -0.4 is 5.32 Å². The van der Waals surface area contributed by atoms with Crippen molar-refractivity contribution in [3.63, 3.8) is 0 Å². The second-order valence-corrected chi connectivity index (χ2v) is 6.52. The van der Waals surface area contributed by atoms with Crippen molar-refractivity contribution in [2.75, 3.05) is 6.54 Å². The fourth-order valence-electron chi connectivity index (χ4n) is 2.22. The quantitative estimate of drug-likeness (QED) is 0.720. The van der Waals surface area contributed by atoms with Crippen LogP contribution in [0.15, 0.2) is 36.7 Å². The minimum atomic E-state index is -4.46. The molecule has 1 N–H and O–H groups in total. The molecule has 0 aliphatic heterocycles. The molecule has 27 heavy (non-hydrogen) atoms. The molecule has 0 unspecified atom stereocenters. The minimum Gasteiger partial charge on any atom is -0.343 e. The number of amides is 1. The number of hydrogen-bond acceptors (Lipinski definition) is 6. The van der Waals surface area contributed by atoms with E-state index in [-0.39, 0.29) is 5.56 Å². The van der Waals surface area contributed by atoms with Gasteiger partial charge in [0.1, 0.15) is 17.2 Å². The van der Waals surface area contributed by atoms with E-state index >= 15 is 0 Å². The number of hydrogen-bond donors (Lipinski definition) is 1. The van der Waals surface area contributed by atoms with Gasteiger partial charge in [-0.05, 0) is 42.2 Å². The minimum absolute atomic E-state index is 0.0302. The second-order valence-electron chi connectivity index (χ2n) is 5.69. The molecule has 0 radical (unpaired) electrons. The molecule has 140 valence electrons. The Morgan fingerprint density at radius 3 is 2.70 bits per heavy atom. The van der Waals surface area contributed by atoms with Crippen molar-refractivity contribution in [1.29, 1.82) is 0 Å². The molecule has 0 aromatic carbocycles.